The monoisotopic (exact) mass is 323 g/mol. The molecular formula is C18H17N3O3. The van der Waals surface area contributed by atoms with Crippen LogP contribution in [0.4, 0.5) is 0 Å². The molecule has 1 aromatic carbocycles. The second-order valence-electron chi connectivity index (χ2n) is 5.13. The van der Waals surface area contributed by atoms with Crippen LogP contribution >= 0.6 is 0 Å². The first-order chi connectivity index (χ1) is 11.7. The Morgan fingerprint density at radius 3 is 2.17 bits per heavy atom. The molecule has 0 radical (unpaired) electrons. The molecule has 6 heteroatoms. The summed E-state index contributed by atoms with van der Waals surface area (Å²) >= 11 is 0. The summed E-state index contributed by atoms with van der Waals surface area (Å²) in [5.74, 6) is -0.228. The zero-order valence-electron chi connectivity index (χ0n) is 12.9. The Bertz CT molecular complexity index is 791. The molecule has 0 aliphatic heterocycles. The number of carbonyl (C=O) groups is 2. The Kier molecular flexibility index (Phi) is 4.76. The van der Waals surface area contributed by atoms with Gasteiger partial charge in [0.15, 0.2) is 5.76 Å². The van der Waals surface area contributed by atoms with E-state index in [1.807, 2.05) is 41.2 Å². The van der Waals surface area contributed by atoms with Crippen LogP contribution < -0.4 is 10.6 Å². The average molecular weight is 323 g/mol. The predicted octanol–water partition coefficient (Wildman–Crippen LogP) is 2.23. The van der Waals surface area contributed by atoms with E-state index in [1.54, 1.807) is 24.3 Å². The fourth-order valence-electron chi connectivity index (χ4n) is 2.24. The van der Waals surface area contributed by atoms with Crippen molar-refractivity contribution in [2.45, 2.75) is 0 Å². The van der Waals surface area contributed by atoms with Crippen LogP contribution in [-0.2, 0) is 0 Å². The highest BCUT2D eigenvalue weighted by Crippen LogP contribution is 2.09. The third kappa shape index (κ3) is 3.73. The summed E-state index contributed by atoms with van der Waals surface area (Å²) in [7, 11) is 0. The molecule has 3 aromatic rings. The average Bonchev–Trinajstić information content (AvgIpc) is 3.32. The molecule has 24 heavy (non-hydrogen) atoms. The van der Waals surface area contributed by atoms with Gasteiger partial charge >= 0.3 is 0 Å². The van der Waals surface area contributed by atoms with Crippen LogP contribution in [0.15, 0.2) is 71.6 Å². The summed E-state index contributed by atoms with van der Waals surface area (Å²) in [6, 6.07) is 14.4. The van der Waals surface area contributed by atoms with Crippen molar-refractivity contribution < 1.29 is 14.0 Å². The van der Waals surface area contributed by atoms with Crippen LogP contribution in [0, 0.1) is 0 Å². The maximum atomic E-state index is 12.1. The van der Waals surface area contributed by atoms with Crippen LogP contribution in [-0.4, -0.2) is 29.5 Å². The van der Waals surface area contributed by atoms with Crippen molar-refractivity contribution >= 4 is 11.8 Å². The molecule has 0 aliphatic rings. The van der Waals surface area contributed by atoms with Crippen LogP contribution in [0.5, 0.6) is 0 Å². The van der Waals surface area contributed by atoms with Gasteiger partial charge in [0, 0.05) is 36.7 Å². The molecule has 2 N–H and O–H groups in total. The van der Waals surface area contributed by atoms with E-state index in [1.165, 1.54) is 6.26 Å². The number of nitrogens with one attached hydrogen (secondary N) is 2. The minimum Gasteiger partial charge on any atom is -0.459 e. The molecular weight excluding hydrogens is 306 g/mol. The van der Waals surface area contributed by atoms with Crippen molar-refractivity contribution in [3.63, 3.8) is 0 Å². The standard InChI is InChI=1S/C18H17N3O3/c22-17(19-9-10-20-18(23)16-4-3-13-24-16)14-5-7-15(8-6-14)21-11-1-2-12-21/h1-8,11-13H,9-10H2,(H,19,22)(H,20,23). The highest BCUT2D eigenvalue weighted by atomic mass is 16.3. The lowest BCUT2D eigenvalue weighted by Crippen LogP contribution is -2.34. The van der Waals surface area contributed by atoms with E-state index >= 15 is 0 Å². The second-order valence-corrected chi connectivity index (χ2v) is 5.13. The summed E-state index contributed by atoms with van der Waals surface area (Å²) in [6.07, 6.45) is 5.32. The number of hydrogen-bond donors (Lipinski definition) is 2. The third-order valence-electron chi connectivity index (χ3n) is 3.47. The summed E-state index contributed by atoms with van der Waals surface area (Å²) in [5, 5.41) is 5.43. The van der Waals surface area contributed by atoms with Gasteiger partial charge < -0.3 is 19.6 Å². The summed E-state index contributed by atoms with van der Waals surface area (Å²) in [5.41, 5.74) is 1.56. The minimum atomic E-state index is -0.301. The SMILES string of the molecule is O=C(NCCNC(=O)c1ccco1)c1ccc(-n2cccc2)cc1. The fourth-order valence-corrected chi connectivity index (χ4v) is 2.24. The molecule has 0 fully saturated rings. The summed E-state index contributed by atoms with van der Waals surface area (Å²) < 4.78 is 6.95. The number of amides is 2. The molecule has 0 saturated heterocycles. The number of aromatic nitrogens is 1. The van der Waals surface area contributed by atoms with Gasteiger partial charge in [-0.05, 0) is 48.5 Å². The van der Waals surface area contributed by atoms with Crippen molar-refractivity contribution in [3.05, 3.63) is 78.5 Å². The van der Waals surface area contributed by atoms with Gasteiger partial charge in [-0.2, -0.15) is 0 Å². The first-order valence-electron chi connectivity index (χ1n) is 7.57. The van der Waals surface area contributed by atoms with E-state index in [4.69, 9.17) is 4.42 Å². The van der Waals surface area contributed by atoms with Gasteiger partial charge in [-0.15, -0.1) is 0 Å². The highest BCUT2D eigenvalue weighted by molar-refractivity contribution is 5.94. The number of benzene rings is 1. The molecule has 2 amide bonds. The largest absolute Gasteiger partial charge is 0.459 e. The van der Waals surface area contributed by atoms with Gasteiger partial charge in [0.25, 0.3) is 11.8 Å². The van der Waals surface area contributed by atoms with Crippen molar-refractivity contribution in [1.29, 1.82) is 0 Å². The quantitative estimate of drug-likeness (QED) is 0.683. The van der Waals surface area contributed by atoms with Crippen LogP contribution in [0.1, 0.15) is 20.9 Å². The predicted molar refractivity (Wildman–Crippen MR) is 89.1 cm³/mol. The Morgan fingerprint density at radius 2 is 1.54 bits per heavy atom. The zero-order valence-corrected chi connectivity index (χ0v) is 12.9. The van der Waals surface area contributed by atoms with Gasteiger partial charge in [-0.25, -0.2) is 0 Å². The molecule has 0 aliphatic carbocycles. The van der Waals surface area contributed by atoms with Gasteiger partial charge in [0.1, 0.15) is 0 Å². The number of carbonyl (C=O) groups excluding carboxylic acids is 2. The van der Waals surface area contributed by atoms with E-state index in [0.29, 0.717) is 18.7 Å². The smallest absolute Gasteiger partial charge is 0.287 e. The number of nitrogens with zero attached hydrogens (tertiary/aromatic N) is 1. The molecule has 2 aromatic heterocycles. The Morgan fingerprint density at radius 1 is 0.875 bits per heavy atom. The Hall–Kier alpha value is -3.28. The van der Waals surface area contributed by atoms with E-state index in [2.05, 4.69) is 10.6 Å². The summed E-state index contributed by atoms with van der Waals surface area (Å²) in [6.45, 7) is 0.664. The Balaban J connectivity index is 1.46. The molecule has 0 bridgehead atoms. The van der Waals surface area contributed by atoms with E-state index < -0.39 is 0 Å². The van der Waals surface area contributed by atoms with Crippen molar-refractivity contribution in [3.8, 4) is 5.69 Å². The van der Waals surface area contributed by atoms with Crippen molar-refractivity contribution in [2.24, 2.45) is 0 Å². The second kappa shape index (κ2) is 7.32. The normalized spacial score (nSPS) is 10.3. The number of furan rings is 1. The lowest BCUT2D eigenvalue weighted by Gasteiger charge is -2.07. The van der Waals surface area contributed by atoms with Gasteiger partial charge in [0.2, 0.25) is 0 Å². The molecule has 2 heterocycles. The lowest BCUT2D eigenvalue weighted by atomic mass is 10.2. The van der Waals surface area contributed by atoms with Crippen molar-refractivity contribution in [2.75, 3.05) is 13.1 Å². The van der Waals surface area contributed by atoms with Gasteiger partial charge in [-0.1, -0.05) is 0 Å². The van der Waals surface area contributed by atoms with Crippen LogP contribution in [0.3, 0.4) is 0 Å². The topological polar surface area (TPSA) is 76.3 Å². The summed E-state index contributed by atoms with van der Waals surface area (Å²) in [4.78, 5) is 23.7. The number of hydrogen-bond acceptors (Lipinski definition) is 3. The molecule has 6 nitrogen and oxygen atoms in total. The first kappa shape index (κ1) is 15.6. The molecule has 0 atom stereocenters. The van der Waals surface area contributed by atoms with E-state index in [0.717, 1.165) is 5.69 Å². The molecule has 3 rings (SSSR count). The fraction of sp³-hybridized carbons (Fsp3) is 0.111. The van der Waals surface area contributed by atoms with Crippen molar-refractivity contribution in [1.82, 2.24) is 15.2 Å². The number of rotatable bonds is 6. The first-order valence-corrected chi connectivity index (χ1v) is 7.57. The molecule has 0 unspecified atom stereocenters. The van der Waals surface area contributed by atoms with E-state index in [-0.39, 0.29) is 17.6 Å². The zero-order chi connectivity index (χ0) is 16.8. The maximum absolute atomic E-state index is 12.1. The minimum absolute atomic E-state index is 0.179. The lowest BCUT2D eigenvalue weighted by molar-refractivity contribution is 0.0910. The molecule has 0 saturated carbocycles. The molecule has 122 valence electrons. The highest BCUT2D eigenvalue weighted by Gasteiger charge is 2.08. The third-order valence-corrected chi connectivity index (χ3v) is 3.47. The Labute approximate surface area is 139 Å². The molecule has 0 spiro atoms. The van der Waals surface area contributed by atoms with E-state index in [9.17, 15) is 9.59 Å². The van der Waals surface area contributed by atoms with Gasteiger partial charge in [-0.3, -0.25) is 9.59 Å². The van der Waals surface area contributed by atoms with Crippen LogP contribution in [0.2, 0.25) is 0 Å². The van der Waals surface area contributed by atoms with Gasteiger partial charge in [0.05, 0.1) is 6.26 Å². The van der Waals surface area contributed by atoms with Crippen LogP contribution in [0.25, 0.3) is 5.69 Å². The maximum Gasteiger partial charge on any atom is 0.287 e.